The fourth-order valence-corrected chi connectivity index (χ4v) is 5.41. The molecule has 0 aromatic heterocycles. The Morgan fingerprint density at radius 1 is 0.583 bits per heavy atom. The van der Waals surface area contributed by atoms with E-state index < -0.39 is 0 Å². The molecule has 2 aromatic carbocycles. The topological polar surface area (TPSA) is 25.3 Å². The summed E-state index contributed by atoms with van der Waals surface area (Å²) in [6.07, 6.45) is 17.9. The zero-order chi connectivity index (χ0) is 25.9. The highest BCUT2D eigenvalue weighted by atomic mass is 15.2. The van der Waals surface area contributed by atoms with Gasteiger partial charge in [0, 0.05) is 22.8 Å². The van der Waals surface area contributed by atoms with Crippen LogP contribution in [0.2, 0.25) is 0 Å². The Hall–Kier alpha value is -2.48. The number of rotatable bonds is 15. The van der Waals surface area contributed by atoms with Gasteiger partial charge in [-0.3, -0.25) is 0 Å². The Balaban J connectivity index is 1.94. The first kappa shape index (κ1) is 28.1. The Bertz CT molecular complexity index is 1090. The monoisotopic (exact) mass is 484 g/mol. The minimum Gasteiger partial charge on any atom is -0.493 e. The molecular formula is C34H48N2. The largest absolute Gasteiger partial charge is 0.493 e. The molecule has 2 aromatic rings. The summed E-state index contributed by atoms with van der Waals surface area (Å²) in [5.41, 5.74) is 22.3. The predicted octanol–water partition coefficient (Wildman–Crippen LogP) is 10.5. The number of hydrogen-bond acceptors (Lipinski definition) is 0. The van der Waals surface area contributed by atoms with Gasteiger partial charge in [-0.1, -0.05) is 89.0 Å². The molecule has 2 heteroatoms. The Labute approximate surface area is 221 Å². The fourth-order valence-electron chi connectivity index (χ4n) is 5.41. The summed E-state index contributed by atoms with van der Waals surface area (Å²) in [4.78, 5) is 0. The van der Waals surface area contributed by atoms with Gasteiger partial charge in [-0.25, -0.2) is 4.70 Å². The van der Waals surface area contributed by atoms with Crippen molar-refractivity contribution in [2.75, 3.05) is 0 Å². The maximum atomic E-state index is 11.6. The number of aryl methyl sites for hydroxylation is 4. The molecule has 2 nitrogen and oxygen atoms in total. The summed E-state index contributed by atoms with van der Waals surface area (Å²) in [6.45, 7) is 11.1. The van der Waals surface area contributed by atoms with Crippen molar-refractivity contribution in [2.24, 2.45) is 0 Å². The van der Waals surface area contributed by atoms with Crippen LogP contribution in [0.5, 0.6) is 0 Å². The maximum Gasteiger partial charge on any atom is 0.210 e. The molecule has 0 fully saturated rings. The normalized spacial score (nSPS) is 13.6. The zero-order valence-corrected chi connectivity index (χ0v) is 23.6. The molecule has 0 amide bonds. The molecule has 0 saturated heterocycles. The average molecular weight is 485 g/mol. The number of nitrogens with zero attached hydrogens (tertiary/aromatic N) is 2. The quantitative estimate of drug-likeness (QED) is 0.177. The molecule has 0 bridgehead atoms. The van der Waals surface area contributed by atoms with Crippen molar-refractivity contribution >= 4 is 11.4 Å². The molecule has 3 rings (SSSR count). The van der Waals surface area contributed by atoms with Crippen LogP contribution in [0.15, 0.2) is 48.0 Å². The number of benzene rings is 2. The van der Waals surface area contributed by atoms with Gasteiger partial charge >= 0.3 is 0 Å². The standard InChI is InChI=1S/C34H48N2/c1-6-9-12-13-14-15-18-30-25-33(31-21-26(4)19-28(23-31)16-10-7-2)36(35)34(30)32-22-27(5)20-29(24-32)17-11-8-3/h19-25H,6-18H2,1-5H3. The highest BCUT2D eigenvalue weighted by Crippen LogP contribution is 2.38. The van der Waals surface area contributed by atoms with E-state index >= 15 is 0 Å². The highest BCUT2D eigenvalue weighted by molar-refractivity contribution is 5.79. The van der Waals surface area contributed by atoms with E-state index in [1.54, 1.807) is 0 Å². The van der Waals surface area contributed by atoms with Gasteiger partial charge in [-0.05, 0) is 87.8 Å². The van der Waals surface area contributed by atoms with Gasteiger partial charge in [0.15, 0.2) is 0 Å². The average Bonchev–Trinajstić information content (AvgIpc) is 3.18. The highest BCUT2D eigenvalue weighted by Gasteiger charge is 2.29. The number of unbranched alkanes of at least 4 members (excludes halogenated alkanes) is 7. The Morgan fingerprint density at radius 2 is 1.11 bits per heavy atom. The SMILES string of the molecule is CCCCCCCCC1=C(c2cc(C)cc(CCCC)c2)[N+](=[N-])C(c2cc(C)cc(CCCC)c2)=C1. The van der Waals surface area contributed by atoms with E-state index in [0.29, 0.717) is 0 Å². The summed E-state index contributed by atoms with van der Waals surface area (Å²) in [5.74, 6) is 0. The molecule has 194 valence electrons. The summed E-state index contributed by atoms with van der Waals surface area (Å²) < 4.78 is 1.49. The second kappa shape index (κ2) is 14.3. The van der Waals surface area contributed by atoms with Gasteiger partial charge < -0.3 is 5.53 Å². The van der Waals surface area contributed by atoms with E-state index in [9.17, 15) is 5.53 Å². The van der Waals surface area contributed by atoms with Crippen molar-refractivity contribution in [3.8, 4) is 0 Å². The summed E-state index contributed by atoms with van der Waals surface area (Å²) in [7, 11) is 0. The third-order valence-corrected chi connectivity index (χ3v) is 7.34. The molecular weight excluding hydrogens is 436 g/mol. The Morgan fingerprint density at radius 3 is 1.72 bits per heavy atom. The van der Waals surface area contributed by atoms with Crippen molar-refractivity contribution < 1.29 is 4.70 Å². The summed E-state index contributed by atoms with van der Waals surface area (Å²) in [6, 6.07) is 13.7. The smallest absolute Gasteiger partial charge is 0.210 e. The van der Waals surface area contributed by atoms with Gasteiger partial charge in [0.2, 0.25) is 11.4 Å². The van der Waals surface area contributed by atoms with Crippen LogP contribution >= 0.6 is 0 Å². The van der Waals surface area contributed by atoms with E-state index in [0.717, 1.165) is 41.8 Å². The van der Waals surface area contributed by atoms with E-state index in [-0.39, 0.29) is 0 Å². The van der Waals surface area contributed by atoms with Crippen LogP contribution in [0.25, 0.3) is 16.9 Å². The molecule has 36 heavy (non-hydrogen) atoms. The molecule has 0 radical (unpaired) electrons. The van der Waals surface area contributed by atoms with Crippen molar-refractivity contribution in [3.05, 3.63) is 87.0 Å². The van der Waals surface area contributed by atoms with Gasteiger partial charge in [-0.15, -0.1) is 0 Å². The first-order valence-corrected chi connectivity index (χ1v) is 14.6. The lowest BCUT2D eigenvalue weighted by Gasteiger charge is -2.13. The van der Waals surface area contributed by atoms with Crippen molar-refractivity contribution in [1.29, 1.82) is 0 Å². The molecule has 0 saturated carbocycles. The van der Waals surface area contributed by atoms with Crippen LogP contribution in [0, 0.1) is 13.8 Å². The van der Waals surface area contributed by atoms with E-state index in [4.69, 9.17) is 0 Å². The molecule has 0 N–H and O–H groups in total. The van der Waals surface area contributed by atoms with Crippen LogP contribution in [0.4, 0.5) is 0 Å². The molecule has 1 heterocycles. The Kier molecular flexibility index (Phi) is 11.2. The summed E-state index contributed by atoms with van der Waals surface area (Å²) >= 11 is 0. The third-order valence-electron chi connectivity index (χ3n) is 7.34. The fraction of sp³-hybridized carbons (Fsp3) is 0.529. The number of allylic oxidation sites excluding steroid dienone is 2. The molecule has 0 unspecified atom stereocenters. The molecule has 0 atom stereocenters. The van der Waals surface area contributed by atoms with Gasteiger partial charge in [0.05, 0.1) is 0 Å². The van der Waals surface area contributed by atoms with E-state index in [1.807, 2.05) is 0 Å². The van der Waals surface area contributed by atoms with Crippen LogP contribution in [0.3, 0.4) is 0 Å². The molecule has 1 aliphatic heterocycles. The predicted molar refractivity (Wildman–Crippen MR) is 156 cm³/mol. The zero-order valence-electron chi connectivity index (χ0n) is 23.6. The minimum atomic E-state index is 0.920. The van der Waals surface area contributed by atoms with Crippen molar-refractivity contribution in [2.45, 2.75) is 118 Å². The van der Waals surface area contributed by atoms with E-state index in [1.165, 1.54) is 96.7 Å². The first-order valence-electron chi connectivity index (χ1n) is 14.6. The number of hydrogen-bond donors (Lipinski definition) is 0. The molecule has 0 aliphatic carbocycles. The van der Waals surface area contributed by atoms with Crippen molar-refractivity contribution in [3.63, 3.8) is 0 Å². The van der Waals surface area contributed by atoms with Gasteiger partial charge in [-0.2, -0.15) is 0 Å². The minimum absolute atomic E-state index is 0.920. The van der Waals surface area contributed by atoms with Crippen LogP contribution in [-0.4, -0.2) is 4.70 Å². The molecule has 0 spiro atoms. The van der Waals surface area contributed by atoms with Crippen molar-refractivity contribution in [1.82, 2.24) is 0 Å². The first-order chi connectivity index (χ1) is 17.5. The van der Waals surface area contributed by atoms with E-state index in [2.05, 4.69) is 77.1 Å². The lowest BCUT2D eigenvalue weighted by molar-refractivity contribution is -0.344. The van der Waals surface area contributed by atoms with Crippen LogP contribution in [0.1, 0.15) is 125 Å². The second-order valence-electron chi connectivity index (χ2n) is 10.9. The summed E-state index contributed by atoms with van der Waals surface area (Å²) in [5, 5.41) is 0. The maximum absolute atomic E-state index is 11.6. The molecule has 1 aliphatic rings. The lowest BCUT2D eigenvalue weighted by Crippen LogP contribution is -2.04. The van der Waals surface area contributed by atoms with Crippen LogP contribution < -0.4 is 0 Å². The lowest BCUT2D eigenvalue weighted by atomic mass is 9.97. The third kappa shape index (κ3) is 7.76. The second-order valence-corrected chi connectivity index (χ2v) is 10.9. The van der Waals surface area contributed by atoms with Gasteiger partial charge in [0.25, 0.3) is 0 Å². The van der Waals surface area contributed by atoms with Crippen LogP contribution in [-0.2, 0) is 12.8 Å². The van der Waals surface area contributed by atoms with Gasteiger partial charge in [0.1, 0.15) is 0 Å².